The van der Waals surface area contributed by atoms with Crippen LogP contribution in [0.3, 0.4) is 0 Å². The fourth-order valence-electron chi connectivity index (χ4n) is 2.39. The number of hydrogen-bond donors (Lipinski definition) is 1. The molecule has 116 valence electrons. The van der Waals surface area contributed by atoms with Crippen molar-refractivity contribution in [1.82, 2.24) is 9.80 Å². The quantitative estimate of drug-likeness (QED) is 0.909. The molecule has 1 heterocycles. The predicted molar refractivity (Wildman–Crippen MR) is 71.2 cm³/mol. The third-order valence-corrected chi connectivity index (χ3v) is 3.60. The highest BCUT2D eigenvalue weighted by atomic mass is 19.4. The fourth-order valence-corrected chi connectivity index (χ4v) is 2.39. The van der Waals surface area contributed by atoms with Gasteiger partial charge in [0, 0.05) is 37.3 Å². The van der Waals surface area contributed by atoms with Crippen LogP contribution in [-0.2, 0) is 0 Å². The van der Waals surface area contributed by atoms with Gasteiger partial charge in [0.25, 0.3) is 5.91 Å². The van der Waals surface area contributed by atoms with Crippen molar-refractivity contribution in [2.45, 2.75) is 13.1 Å². The first-order valence-electron chi connectivity index (χ1n) is 6.65. The number of phenols is 1. The molecule has 0 atom stereocenters. The van der Waals surface area contributed by atoms with Gasteiger partial charge in [-0.05, 0) is 19.1 Å². The number of piperazine rings is 1. The van der Waals surface area contributed by atoms with Crippen LogP contribution in [0.25, 0.3) is 0 Å². The van der Waals surface area contributed by atoms with Crippen LogP contribution in [0.2, 0.25) is 0 Å². The molecule has 1 aliphatic rings. The van der Waals surface area contributed by atoms with Crippen molar-refractivity contribution in [2.24, 2.45) is 0 Å². The van der Waals surface area contributed by atoms with Gasteiger partial charge in [0.2, 0.25) is 0 Å². The molecule has 0 unspecified atom stereocenters. The van der Waals surface area contributed by atoms with Crippen molar-refractivity contribution in [3.05, 3.63) is 29.3 Å². The average Bonchev–Trinajstić information content (AvgIpc) is 2.40. The first kappa shape index (κ1) is 15.6. The lowest BCUT2D eigenvalue weighted by molar-refractivity contribution is -0.148. The molecule has 1 amide bonds. The van der Waals surface area contributed by atoms with Crippen molar-refractivity contribution < 1.29 is 23.1 Å². The number of nitrogens with zero attached hydrogens (tertiary/aromatic N) is 2. The minimum Gasteiger partial charge on any atom is -0.508 e. The van der Waals surface area contributed by atoms with Crippen molar-refractivity contribution in [3.63, 3.8) is 0 Å². The van der Waals surface area contributed by atoms with Gasteiger partial charge >= 0.3 is 6.18 Å². The van der Waals surface area contributed by atoms with E-state index in [0.29, 0.717) is 11.1 Å². The van der Waals surface area contributed by atoms with Gasteiger partial charge in [0.05, 0.1) is 6.54 Å². The van der Waals surface area contributed by atoms with E-state index in [0.717, 1.165) is 0 Å². The van der Waals surface area contributed by atoms with Gasteiger partial charge in [-0.3, -0.25) is 9.69 Å². The maximum Gasteiger partial charge on any atom is 0.401 e. The highest BCUT2D eigenvalue weighted by molar-refractivity contribution is 5.96. The standard InChI is InChI=1S/C14H17F3N2O2/c1-10-11(3-2-4-12(10)20)13(21)19-7-5-18(6-8-19)9-14(15,16)17/h2-4,20H,5-9H2,1H3. The summed E-state index contributed by atoms with van der Waals surface area (Å²) in [4.78, 5) is 15.2. The van der Waals surface area contributed by atoms with Crippen LogP contribution in [0.15, 0.2) is 18.2 Å². The van der Waals surface area contributed by atoms with Crippen LogP contribution in [0.5, 0.6) is 5.75 Å². The maximum atomic E-state index is 12.3. The van der Waals surface area contributed by atoms with E-state index in [1.54, 1.807) is 19.1 Å². The molecule has 1 aromatic carbocycles. The Morgan fingerprint density at radius 1 is 1.24 bits per heavy atom. The molecule has 1 fully saturated rings. The Balaban J connectivity index is 1.99. The third-order valence-electron chi connectivity index (χ3n) is 3.60. The molecule has 0 saturated carbocycles. The summed E-state index contributed by atoms with van der Waals surface area (Å²) in [6.07, 6.45) is -4.21. The Labute approximate surface area is 120 Å². The normalized spacial score (nSPS) is 17.0. The molecule has 2 rings (SSSR count). The molecule has 1 aliphatic heterocycles. The van der Waals surface area contributed by atoms with Crippen molar-refractivity contribution >= 4 is 5.91 Å². The molecule has 0 radical (unpaired) electrons. The highest BCUT2D eigenvalue weighted by Crippen LogP contribution is 2.22. The largest absolute Gasteiger partial charge is 0.508 e. The van der Waals surface area contributed by atoms with E-state index in [2.05, 4.69) is 0 Å². The molecule has 1 N–H and O–H groups in total. The minimum absolute atomic E-state index is 0.0385. The van der Waals surface area contributed by atoms with Gasteiger partial charge in [-0.25, -0.2) is 0 Å². The van der Waals surface area contributed by atoms with Crippen LogP contribution in [0.1, 0.15) is 15.9 Å². The second-order valence-electron chi connectivity index (χ2n) is 5.13. The van der Waals surface area contributed by atoms with E-state index in [1.165, 1.54) is 15.9 Å². The van der Waals surface area contributed by atoms with Crippen LogP contribution in [0.4, 0.5) is 13.2 Å². The first-order valence-corrected chi connectivity index (χ1v) is 6.65. The van der Waals surface area contributed by atoms with E-state index < -0.39 is 12.7 Å². The molecule has 21 heavy (non-hydrogen) atoms. The molecule has 1 saturated heterocycles. The summed E-state index contributed by atoms with van der Waals surface area (Å²) < 4.78 is 36.9. The van der Waals surface area contributed by atoms with Crippen molar-refractivity contribution in [2.75, 3.05) is 32.7 Å². The molecule has 4 nitrogen and oxygen atoms in total. The smallest absolute Gasteiger partial charge is 0.401 e. The second-order valence-corrected chi connectivity index (χ2v) is 5.13. The summed E-state index contributed by atoms with van der Waals surface area (Å²) in [5, 5.41) is 9.61. The number of halogens is 3. The van der Waals surface area contributed by atoms with Gasteiger partial charge in [0.15, 0.2) is 0 Å². The van der Waals surface area contributed by atoms with Crippen LogP contribution in [0, 0.1) is 6.92 Å². The van der Waals surface area contributed by atoms with Gasteiger partial charge in [0.1, 0.15) is 5.75 Å². The molecular formula is C14H17F3N2O2. The number of benzene rings is 1. The van der Waals surface area contributed by atoms with Crippen LogP contribution >= 0.6 is 0 Å². The second kappa shape index (κ2) is 5.93. The Hall–Kier alpha value is -1.76. The van der Waals surface area contributed by atoms with E-state index in [9.17, 15) is 23.1 Å². The number of amides is 1. The third kappa shape index (κ3) is 3.87. The Bertz CT molecular complexity index is 523. The first-order chi connectivity index (χ1) is 9.78. The highest BCUT2D eigenvalue weighted by Gasteiger charge is 2.33. The zero-order chi connectivity index (χ0) is 15.6. The monoisotopic (exact) mass is 302 g/mol. The van der Waals surface area contributed by atoms with Crippen molar-refractivity contribution in [1.29, 1.82) is 0 Å². The zero-order valence-electron chi connectivity index (χ0n) is 11.7. The topological polar surface area (TPSA) is 43.8 Å². The van der Waals surface area contributed by atoms with Gasteiger partial charge in [-0.15, -0.1) is 0 Å². The molecule has 0 aromatic heterocycles. The van der Waals surface area contributed by atoms with Gasteiger partial charge in [-0.1, -0.05) is 6.07 Å². The minimum atomic E-state index is -4.21. The number of alkyl halides is 3. The zero-order valence-corrected chi connectivity index (χ0v) is 11.7. The van der Waals surface area contributed by atoms with Crippen LogP contribution in [-0.4, -0.2) is 59.7 Å². The van der Waals surface area contributed by atoms with E-state index in [-0.39, 0.29) is 37.8 Å². The number of rotatable bonds is 2. The van der Waals surface area contributed by atoms with Crippen LogP contribution < -0.4 is 0 Å². The molecule has 0 spiro atoms. The Morgan fingerprint density at radius 3 is 2.43 bits per heavy atom. The fraction of sp³-hybridized carbons (Fsp3) is 0.500. The van der Waals surface area contributed by atoms with E-state index in [4.69, 9.17) is 0 Å². The maximum absolute atomic E-state index is 12.3. The number of hydrogen-bond acceptors (Lipinski definition) is 3. The van der Waals surface area contributed by atoms with Gasteiger partial charge in [-0.2, -0.15) is 13.2 Å². The Morgan fingerprint density at radius 2 is 1.86 bits per heavy atom. The summed E-state index contributed by atoms with van der Waals surface area (Å²) in [6.45, 7) is 1.60. The summed E-state index contributed by atoms with van der Waals surface area (Å²) in [6, 6.07) is 4.68. The lowest BCUT2D eigenvalue weighted by atomic mass is 10.1. The summed E-state index contributed by atoms with van der Waals surface area (Å²) in [7, 11) is 0. The average molecular weight is 302 g/mol. The summed E-state index contributed by atoms with van der Waals surface area (Å²) >= 11 is 0. The molecule has 1 aromatic rings. The molecule has 0 bridgehead atoms. The molecule has 0 aliphatic carbocycles. The molecular weight excluding hydrogens is 285 g/mol. The predicted octanol–water partition coefficient (Wildman–Crippen LogP) is 2.02. The van der Waals surface area contributed by atoms with Gasteiger partial charge < -0.3 is 10.0 Å². The Kier molecular flexibility index (Phi) is 4.41. The number of aromatic hydroxyl groups is 1. The number of carbonyl (C=O) groups excluding carboxylic acids is 1. The lowest BCUT2D eigenvalue weighted by Gasteiger charge is -2.35. The van der Waals surface area contributed by atoms with E-state index >= 15 is 0 Å². The van der Waals surface area contributed by atoms with Crippen molar-refractivity contribution in [3.8, 4) is 5.75 Å². The summed E-state index contributed by atoms with van der Waals surface area (Å²) in [5.41, 5.74) is 0.875. The summed E-state index contributed by atoms with van der Waals surface area (Å²) in [5.74, 6) is -0.216. The SMILES string of the molecule is Cc1c(O)cccc1C(=O)N1CCN(CC(F)(F)F)CC1. The number of carbonyl (C=O) groups is 1. The number of phenolic OH excluding ortho intramolecular Hbond substituents is 1. The molecule has 7 heteroatoms. The van der Waals surface area contributed by atoms with E-state index in [1.807, 2.05) is 0 Å². The lowest BCUT2D eigenvalue weighted by Crippen LogP contribution is -2.51.